The second-order valence-electron chi connectivity index (χ2n) is 7.79. The highest BCUT2D eigenvalue weighted by Gasteiger charge is 2.25. The highest BCUT2D eigenvalue weighted by molar-refractivity contribution is 5.68. The minimum absolute atomic E-state index is 0.178. The molecule has 1 aliphatic heterocycles. The second-order valence-corrected chi connectivity index (χ2v) is 7.79. The van der Waals surface area contributed by atoms with Crippen molar-refractivity contribution in [2.45, 2.75) is 64.9 Å². The van der Waals surface area contributed by atoms with Crippen LogP contribution in [0.4, 0.5) is 4.79 Å². The Morgan fingerprint density at radius 3 is 2.11 bits per heavy atom. The summed E-state index contributed by atoms with van der Waals surface area (Å²) in [6, 6.07) is 0. The predicted molar refractivity (Wildman–Crippen MR) is 110 cm³/mol. The molecule has 27 heavy (non-hydrogen) atoms. The van der Waals surface area contributed by atoms with Crippen molar-refractivity contribution in [3.63, 3.8) is 0 Å². The molecule has 1 fully saturated rings. The van der Waals surface area contributed by atoms with E-state index in [2.05, 4.69) is 18.1 Å². The molecular weight excluding hydrogens is 344 g/mol. The van der Waals surface area contributed by atoms with E-state index in [-0.39, 0.29) is 12.6 Å². The Bertz CT molecular complexity index is 450. The molecule has 1 N–H and O–H groups in total. The zero-order valence-electron chi connectivity index (χ0n) is 17.4. The summed E-state index contributed by atoms with van der Waals surface area (Å²) in [5.41, 5.74) is 0.740. The molecule has 0 radical (unpaired) electrons. The molecule has 0 spiro atoms. The van der Waals surface area contributed by atoms with Gasteiger partial charge in [-0.15, -0.1) is 0 Å². The summed E-state index contributed by atoms with van der Waals surface area (Å²) in [4.78, 5) is 24.7. The molecule has 6 heteroatoms. The van der Waals surface area contributed by atoms with Gasteiger partial charge < -0.3 is 14.7 Å². The maximum Gasteiger partial charge on any atom is 0.410 e. The highest BCUT2D eigenvalue weighted by atomic mass is 16.6. The fourth-order valence-electron chi connectivity index (χ4n) is 2.80. The quantitative estimate of drug-likeness (QED) is 0.365. The largest absolute Gasteiger partial charge is 0.483 e. The van der Waals surface area contributed by atoms with Gasteiger partial charge in [-0.2, -0.15) is 0 Å². The van der Waals surface area contributed by atoms with Crippen molar-refractivity contribution in [3.05, 3.63) is 24.8 Å². The van der Waals surface area contributed by atoms with Crippen LogP contribution in [0.25, 0.3) is 0 Å². The van der Waals surface area contributed by atoms with Crippen LogP contribution in [0.3, 0.4) is 0 Å². The maximum atomic E-state index is 12.0. The smallest absolute Gasteiger partial charge is 0.410 e. The number of carbonyl (C=O) groups excluding carboxylic acids is 1. The van der Waals surface area contributed by atoms with Crippen LogP contribution in [-0.4, -0.2) is 65.8 Å². The number of hydrogen-bond donors (Lipinski definition) is 1. The van der Waals surface area contributed by atoms with E-state index in [0.717, 1.165) is 44.7 Å². The van der Waals surface area contributed by atoms with Crippen LogP contribution in [0.2, 0.25) is 0 Å². The van der Waals surface area contributed by atoms with Crippen molar-refractivity contribution in [1.29, 1.82) is 0 Å². The Balaban J connectivity index is 0.00000210. The first-order valence-electron chi connectivity index (χ1n) is 9.82. The molecular formula is C21H38N2O4. The molecule has 0 atom stereocenters. The first kappa shape index (κ1) is 25.2. The second kappa shape index (κ2) is 14.3. The SMILES string of the molecule is C=CC(=C)CCCCCCCN1CCN(C(=O)OC(C)(C)C)CC1.O=CO. The van der Waals surface area contributed by atoms with Gasteiger partial charge in [-0.05, 0) is 46.6 Å². The molecule has 1 heterocycles. The van der Waals surface area contributed by atoms with Crippen molar-refractivity contribution in [2.24, 2.45) is 0 Å². The van der Waals surface area contributed by atoms with Crippen molar-refractivity contribution >= 4 is 12.6 Å². The van der Waals surface area contributed by atoms with Gasteiger partial charge in [0.15, 0.2) is 0 Å². The summed E-state index contributed by atoms with van der Waals surface area (Å²) < 4.78 is 5.43. The Labute approximate surface area is 164 Å². The zero-order chi connectivity index (χ0) is 20.7. The summed E-state index contributed by atoms with van der Waals surface area (Å²) in [6.45, 7) is 17.8. The van der Waals surface area contributed by atoms with Crippen molar-refractivity contribution < 1.29 is 19.4 Å². The number of hydrogen-bond acceptors (Lipinski definition) is 4. The van der Waals surface area contributed by atoms with Crippen LogP contribution in [-0.2, 0) is 9.53 Å². The molecule has 1 saturated heterocycles. The fraction of sp³-hybridized carbons (Fsp3) is 0.714. The number of rotatable bonds is 9. The third-order valence-corrected chi connectivity index (χ3v) is 4.28. The molecule has 0 aliphatic carbocycles. The lowest BCUT2D eigenvalue weighted by molar-refractivity contribution is -0.122. The topological polar surface area (TPSA) is 70.1 Å². The monoisotopic (exact) mass is 382 g/mol. The number of carbonyl (C=O) groups is 2. The normalized spacial score (nSPS) is 14.7. The van der Waals surface area contributed by atoms with Crippen LogP contribution in [0.1, 0.15) is 59.3 Å². The molecule has 0 aromatic heterocycles. The van der Waals surface area contributed by atoms with Crippen molar-refractivity contribution in [1.82, 2.24) is 9.80 Å². The van der Waals surface area contributed by atoms with E-state index in [9.17, 15) is 4.79 Å². The lowest BCUT2D eigenvalue weighted by Crippen LogP contribution is -2.50. The lowest BCUT2D eigenvalue weighted by atomic mass is 10.1. The van der Waals surface area contributed by atoms with E-state index in [4.69, 9.17) is 14.6 Å². The summed E-state index contributed by atoms with van der Waals surface area (Å²) in [6.07, 6.45) is 9.08. The van der Waals surface area contributed by atoms with Gasteiger partial charge in [0.1, 0.15) is 5.60 Å². The Morgan fingerprint density at radius 1 is 1.07 bits per heavy atom. The minimum atomic E-state index is -0.410. The van der Waals surface area contributed by atoms with Crippen LogP contribution in [0, 0.1) is 0 Å². The molecule has 0 aromatic carbocycles. The summed E-state index contributed by atoms with van der Waals surface area (Å²) in [5, 5.41) is 6.89. The average Bonchev–Trinajstić information content (AvgIpc) is 2.60. The number of unbranched alkanes of at least 4 members (excludes halogenated alkanes) is 4. The molecule has 1 rings (SSSR count). The van der Waals surface area contributed by atoms with E-state index >= 15 is 0 Å². The Morgan fingerprint density at radius 2 is 1.59 bits per heavy atom. The third kappa shape index (κ3) is 14.0. The van der Waals surface area contributed by atoms with Crippen LogP contribution >= 0.6 is 0 Å². The summed E-state index contributed by atoms with van der Waals surface area (Å²) in [5.74, 6) is 0. The molecule has 1 amide bonds. The number of allylic oxidation sites excluding steroid dienone is 2. The van der Waals surface area contributed by atoms with Gasteiger partial charge >= 0.3 is 6.09 Å². The number of nitrogens with zero attached hydrogens (tertiary/aromatic N) is 2. The van der Waals surface area contributed by atoms with Gasteiger partial charge in [0.05, 0.1) is 0 Å². The van der Waals surface area contributed by atoms with Gasteiger partial charge in [-0.25, -0.2) is 4.79 Å². The first-order valence-corrected chi connectivity index (χ1v) is 9.82. The van der Waals surface area contributed by atoms with E-state index in [0.29, 0.717) is 0 Å². The van der Waals surface area contributed by atoms with E-state index in [1.54, 1.807) is 0 Å². The van der Waals surface area contributed by atoms with Crippen LogP contribution in [0.15, 0.2) is 24.8 Å². The number of carboxylic acid groups (broad SMARTS) is 1. The molecule has 1 aliphatic rings. The number of piperazine rings is 1. The molecule has 156 valence electrons. The zero-order valence-corrected chi connectivity index (χ0v) is 17.4. The molecule has 0 bridgehead atoms. The average molecular weight is 383 g/mol. The third-order valence-electron chi connectivity index (χ3n) is 4.28. The van der Waals surface area contributed by atoms with E-state index < -0.39 is 5.60 Å². The predicted octanol–water partition coefficient (Wildman–Crippen LogP) is 4.32. The van der Waals surface area contributed by atoms with E-state index in [1.807, 2.05) is 31.7 Å². The molecule has 0 unspecified atom stereocenters. The standard InChI is InChI=1S/C20H36N2O2.CH2O2/c1-6-18(2)12-10-8-7-9-11-13-21-14-16-22(17-15-21)19(23)24-20(3,4)5;2-1-3/h6H,1-2,7-17H2,3-5H3;1H,(H,2,3). The fourth-order valence-corrected chi connectivity index (χ4v) is 2.80. The van der Waals surface area contributed by atoms with Gasteiger partial charge in [0.2, 0.25) is 0 Å². The van der Waals surface area contributed by atoms with Gasteiger partial charge in [0.25, 0.3) is 6.47 Å². The highest BCUT2D eigenvalue weighted by Crippen LogP contribution is 2.13. The summed E-state index contributed by atoms with van der Waals surface area (Å²) >= 11 is 0. The van der Waals surface area contributed by atoms with Gasteiger partial charge in [-0.3, -0.25) is 9.69 Å². The van der Waals surface area contributed by atoms with E-state index in [1.165, 1.54) is 32.1 Å². The van der Waals surface area contributed by atoms with Crippen molar-refractivity contribution in [2.75, 3.05) is 32.7 Å². The summed E-state index contributed by atoms with van der Waals surface area (Å²) in [7, 11) is 0. The lowest BCUT2D eigenvalue weighted by Gasteiger charge is -2.35. The minimum Gasteiger partial charge on any atom is -0.483 e. The Hall–Kier alpha value is -1.82. The van der Waals surface area contributed by atoms with Crippen LogP contribution in [0.5, 0.6) is 0 Å². The first-order chi connectivity index (χ1) is 12.7. The van der Waals surface area contributed by atoms with Crippen LogP contribution < -0.4 is 0 Å². The number of amides is 1. The number of ether oxygens (including phenoxy) is 1. The van der Waals surface area contributed by atoms with Crippen molar-refractivity contribution in [3.8, 4) is 0 Å². The van der Waals surface area contributed by atoms with Gasteiger partial charge in [0, 0.05) is 26.2 Å². The maximum absolute atomic E-state index is 12.0. The van der Waals surface area contributed by atoms with Gasteiger partial charge in [-0.1, -0.05) is 44.1 Å². The molecule has 6 nitrogen and oxygen atoms in total. The molecule has 0 aromatic rings. The molecule has 0 saturated carbocycles. The Kier molecular flexibility index (Phi) is 13.3.